The van der Waals surface area contributed by atoms with Crippen LogP contribution in [0.15, 0.2) is 53.0 Å². The Morgan fingerprint density at radius 2 is 1.89 bits per heavy atom. The number of amides is 2. The van der Waals surface area contributed by atoms with E-state index in [9.17, 15) is 14.4 Å². The fourth-order valence-corrected chi connectivity index (χ4v) is 4.35. The number of thiazole rings is 1. The number of nitrogens with zero attached hydrogens (tertiary/aromatic N) is 3. The largest absolute Gasteiger partial charge is 0.496 e. The van der Waals surface area contributed by atoms with Crippen molar-refractivity contribution in [1.29, 1.82) is 0 Å². The molecule has 9 heteroatoms. The SMILES string of the molecule is COc1ccccc1Cn1cc(C(=O)NCCC(C)C)c(=O)c(C(=O)N(C)C(C)c2nccs2)c1. The molecule has 35 heavy (non-hydrogen) atoms. The zero-order chi connectivity index (χ0) is 25.5. The predicted molar refractivity (Wildman–Crippen MR) is 137 cm³/mol. The zero-order valence-electron chi connectivity index (χ0n) is 20.8. The van der Waals surface area contributed by atoms with Crippen molar-refractivity contribution in [3.63, 3.8) is 0 Å². The van der Waals surface area contributed by atoms with E-state index in [1.165, 1.54) is 28.6 Å². The van der Waals surface area contributed by atoms with E-state index in [0.29, 0.717) is 24.8 Å². The first kappa shape index (κ1) is 26.2. The lowest BCUT2D eigenvalue weighted by Gasteiger charge is -2.24. The molecule has 0 bridgehead atoms. The fraction of sp³-hybridized carbons (Fsp3) is 0.385. The number of aromatic nitrogens is 2. The van der Waals surface area contributed by atoms with E-state index >= 15 is 0 Å². The van der Waals surface area contributed by atoms with E-state index in [1.807, 2.05) is 36.6 Å². The monoisotopic (exact) mass is 496 g/mol. The lowest BCUT2D eigenvalue weighted by Crippen LogP contribution is -2.37. The highest BCUT2D eigenvalue weighted by atomic mass is 32.1. The number of benzene rings is 1. The van der Waals surface area contributed by atoms with E-state index in [0.717, 1.165) is 17.0 Å². The second-order valence-electron chi connectivity index (χ2n) is 8.80. The summed E-state index contributed by atoms with van der Waals surface area (Å²) in [5.41, 5.74) is 0.131. The van der Waals surface area contributed by atoms with Crippen molar-refractivity contribution < 1.29 is 14.3 Å². The first-order valence-corrected chi connectivity index (χ1v) is 12.4. The molecule has 2 aromatic heterocycles. The first-order valence-electron chi connectivity index (χ1n) is 11.5. The molecule has 0 spiro atoms. The summed E-state index contributed by atoms with van der Waals surface area (Å²) in [5.74, 6) is 0.126. The van der Waals surface area contributed by atoms with Gasteiger partial charge in [-0.25, -0.2) is 4.98 Å². The zero-order valence-corrected chi connectivity index (χ0v) is 21.6. The maximum absolute atomic E-state index is 13.4. The average Bonchev–Trinajstić information content (AvgIpc) is 3.38. The van der Waals surface area contributed by atoms with E-state index in [-0.39, 0.29) is 17.2 Å². The van der Waals surface area contributed by atoms with Crippen molar-refractivity contribution in [3.8, 4) is 5.75 Å². The van der Waals surface area contributed by atoms with E-state index < -0.39 is 17.2 Å². The van der Waals surface area contributed by atoms with Crippen molar-refractivity contribution in [2.24, 2.45) is 5.92 Å². The van der Waals surface area contributed by atoms with Crippen LogP contribution >= 0.6 is 11.3 Å². The van der Waals surface area contributed by atoms with E-state index in [4.69, 9.17) is 4.74 Å². The van der Waals surface area contributed by atoms with Gasteiger partial charge in [-0.15, -0.1) is 11.3 Å². The van der Waals surface area contributed by atoms with Gasteiger partial charge in [0.15, 0.2) is 0 Å². The van der Waals surface area contributed by atoms with Crippen LogP contribution < -0.4 is 15.5 Å². The third-order valence-electron chi connectivity index (χ3n) is 5.82. The van der Waals surface area contributed by atoms with Crippen LogP contribution in [0.4, 0.5) is 0 Å². The van der Waals surface area contributed by atoms with Crippen LogP contribution in [-0.2, 0) is 6.54 Å². The van der Waals surface area contributed by atoms with E-state index in [2.05, 4.69) is 24.1 Å². The maximum Gasteiger partial charge on any atom is 0.259 e. The molecule has 0 fully saturated rings. The van der Waals surface area contributed by atoms with Gasteiger partial charge in [0, 0.05) is 43.1 Å². The summed E-state index contributed by atoms with van der Waals surface area (Å²) in [5, 5.41) is 5.42. The standard InChI is InChI=1S/C26H32N4O4S/c1-17(2)10-11-27-24(32)20-15-30(14-19-8-6-7-9-22(19)34-5)16-21(23(20)31)26(33)29(4)18(3)25-28-12-13-35-25/h6-9,12-13,15-18H,10-11,14H2,1-5H3,(H,27,32). The van der Waals surface area contributed by atoms with Crippen LogP contribution in [0.25, 0.3) is 0 Å². The molecule has 1 aromatic carbocycles. The Labute approximate surface area is 209 Å². The van der Waals surface area contributed by atoms with Crippen LogP contribution in [0, 0.1) is 5.92 Å². The number of ether oxygens (including phenoxy) is 1. The molecular formula is C26H32N4O4S. The lowest BCUT2D eigenvalue weighted by atomic mass is 10.1. The molecular weight excluding hydrogens is 464 g/mol. The van der Waals surface area contributed by atoms with Crippen molar-refractivity contribution in [3.05, 3.63) is 80.2 Å². The summed E-state index contributed by atoms with van der Waals surface area (Å²) in [6.45, 7) is 6.74. The Morgan fingerprint density at radius 1 is 1.17 bits per heavy atom. The molecule has 2 heterocycles. The molecule has 2 amide bonds. The van der Waals surface area contributed by atoms with Crippen molar-refractivity contribution >= 4 is 23.2 Å². The van der Waals surface area contributed by atoms with Crippen LogP contribution in [-0.4, -0.2) is 47.0 Å². The van der Waals surface area contributed by atoms with Gasteiger partial charge in [-0.1, -0.05) is 32.0 Å². The van der Waals surface area contributed by atoms with Gasteiger partial charge < -0.3 is 19.5 Å². The Morgan fingerprint density at radius 3 is 2.54 bits per heavy atom. The highest BCUT2D eigenvalue weighted by Crippen LogP contribution is 2.23. The van der Waals surface area contributed by atoms with Gasteiger partial charge in [-0.05, 0) is 25.3 Å². The summed E-state index contributed by atoms with van der Waals surface area (Å²) in [7, 11) is 3.22. The summed E-state index contributed by atoms with van der Waals surface area (Å²) < 4.78 is 7.13. The second-order valence-corrected chi connectivity index (χ2v) is 9.73. The van der Waals surface area contributed by atoms with E-state index in [1.54, 1.807) is 24.9 Å². The van der Waals surface area contributed by atoms with Gasteiger partial charge >= 0.3 is 0 Å². The lowest BCUT2D eigenvalue weighted by molar-refractivity contribution is 0.0740. The quantitative estimate of drug-likeness (QED) is 0.458. The Bertz CT molecular complexity index is 1220. The minimum Gasteiger partial charge on any atom is -0.496 e. The molecule has 8 nitrogen and oxygen atoms in total. The molecule has 1 atom stereocenters. The first-order chi connectivity index (χ1) is 16.7. The van der Waals surface area contributed by atoms with Gasteiger partial charge in [0.2, 0.25) is 5.43 Å². The third kappa shape index (κ3) is 6.36. The fourth-order valence-electron chi connectivity index (χ4n) is 3.61. The molecule has 1 unspecified atom stereocenters. The van der Waals surface area contributed by atoms with Crippen LogP contribution in [0.2, 0.25) is 0 Å². The topological polar surface area (TPSA) is 93.5 Å². The van der Waals surface area contributed by atoms with Crippen molar-refractivity contribution in [2.45, 2.75) is 39.8 Å². The molecule has 186 valence electrons. The Balaban J connectivity index is 2.00. The number of pyridine rings is 1. The minimum absolute atomic E-state index is 0.0650. The molecule has 0 saturated carbocycles. The molecule has 3 aromatic rings. The number of carbonyl (C=O) groups is 2. The second kappa shape index (κ2) is 11.8. The summed E-state index contributed by atoms with van der Waals surface area (Å²) in [6, 6.07) is 7.17. The number of carbonyl (C=O) groups excluding carboxylic acids is 2. The maximum atomic E-state index is 13.4. The number of nitrogens with one attached hydrogen (secondary N) is 1. The average molecular weight is 497 g/mol. The van der Waals surface area contributed by atoms with Gasteiger partial charge in [0.1, 0.15) is 21.9 Å². The highest BCUT2D eigenvalue weighted by molar-refractivity contribution is 7.09. The number of para-hydroxylation sites is 1. The molecule has 3 rings (SSSR count). The van der Waals surface area contributed by atoms with Gasteiger partial charge in [-0.2, -0.15) is 0 Å². The van der Waals surface area contributed by atoms with Crippen LogP contribution in [0.1, 0.15) is 64.5 Å². The van der Waals surface area contributed by atoms with Crippen molar-refractivity contribution in [1.82, 2.24) is 19.8 Å². The van der Waals surface area contributed by atoms with Gasteiger partial charge in [-0.3, -0.25) is 14.4 Å². The minimum atomic E-state index is -0.591. The molecule has 0 aliphatic rings. The predicted octanol–water partition coefficient (Wildman–Crippen LogP) is 3.97. The van der Waals surface area contributed by atoms with Gasteiger partial charge in [0.25, 0.3) is 11.8 Å². The summed E-state index contributed by atoms with van der Waals surface area (Å²) in [4.78, 5) is 45.5. The molecule has 0 radical (unpaired) electrons. The van der Waals surface area contributed by atoms with Gasteiger partial charge in [0.05, 0.1) is 19.7 Å². The highest BCUT2D eigenvalue weighted by Gasteiger charge is 2.26. The summed E-state index contributed by atoms with van der Waals surface area (Å²) in [6.07, 6.45) is 5.47. The molecule has 1 N–H and O–H groups in total. The van der Waals surface area contributed by atoms with Crippen LogP contribution in [0.3, 0.4) is 0 Å². The number of hydrogen-bond donors (Lipinski definition) is 1. The Hall–Kier alpha value is -3.46. The molecule has 0 aliphatic carbocycles. The number of methoxy groups -OCH3 is 1. The Kier molecular flexibility index (Phi) is 8.81. The third-order valence-corrected chi connectivity index (χ3v) is 6.76. The normalized spacial score (nSPS) is 11.8. The molecule has 0 aliphatic heterocycles. The van der Waals surface area contributed by atoms with Crippen molar-refractivity contribution in [2.75, 3.05) is 20.7 Å². The molecule has 0 saturated heterocycles. The number of rotatable bonds is 10. The van der Waals surface area contributed by atoms with Crippen LogP contribution in [0.5, 0.6) is 5.75 Å². The number of hydrogen-bond acceptors (Lipinski definition) is 6. The summed E-state index contributed by atoms with van der Waals surface area (Å²) >= 11 is 1.44. The smallest absolute Gasteiger partial charge is 0.259 e.